The lowest BCUT2D eigenvalue weighted by Crippen LogP contribution is -2.41. The van der Waals surface area contributed by atoms with Crippen molar-refractivity contribution in [2.45, 2.75) is 38.6 Å². The number of carbonyl (C=O) groups is 2. The summed E-state index contributed by atoms with van der Waals surface area (Å²) in [6.45, 7) is 2.98. The molecule has 4 heterocycles. The molecule has 0 N–H and O–H groups in total. The molecule has 0 saturated carbocycles. The summed E-state index contributed by atoms with van der Waals surface area (Å²) in [6.07, 6.45) is 6.49. The van der Waals surface area contributed by atoms with Crippen molar-refractivity contribution in [1.82, 2.24) is 19.4 Å². The van der Waals surface area contributed by atoms with Gasteiger partial charge in [0.15, 0.2) is 6.61 Å². The maximum absolute atomic E-state index is 13.3. The van der Waals surface area contributed by atoms with Crippen LogP contribution in [0.2, 0.25) is 5.02 Å². The number of amides is 2. The van der Waals surface area contributed by atoms with Crippen LogP contribution in [0.5, 0.6) is 5.75 Å². The number of anilines is 1. The average molecular weight is 480 g/mol. The second-order valence-electron chi connectivity index (χ2n) is 8.43. The number of carbonyl (C=O) groups excluding carboxylic acids is 2. The zero-order valence-electron chi connectivity index (χ0n) is 19.0. The first-order valence-corrected chi connectivity index (χ1v) is 11.9. The molecule has 0 spiro atoms. The molecule has 0 radical (unpaired) electrons. The number of pyridine rings is 1. The molecule has 1 saturated heterocycles. The third-order valence-electron chi connectivity index (χ3n) is 6.36. The maximum Gasteiger partial charge on any atom is 0.265 e. The fourth-order valence-electron chi connectivity index (χ4n) is 4.71. The Labute approximate surface area is 203 Å². The van der Waals surface area contributed by atoms with Crippen molar-refractivity contribution < 1.29 is 14.3 Å². The molecule has 176 valence electrons. The Morgan fingerprint density at radius 2 is 2.15 bits per heavy atom. The number of ether oxygens (including phenoxy) is 1. The molecule has 3 aromatic rings. The minimum Gasteiger partial charge on any atom is -0.482 e. The summed E-state index contributed by atoms with van der Waals surface area (Å²) >= 11 is 6.13. The second kappa shape index (κ2) is 9.46. The molecule has 0 unspecified atom stereocenters. The molecule has 2 aliphatic heterocycles. The molecule has 1 atom stereocenters. The third kappa shape index (κ3) is 4.25. The Morgan fingerprint density at radius 1 is 1.26 bits per heavy atom. The predicted octanol–water partition coefficient (Wildman–Crippen LogP) is 3.96. The van der Waals surface area contributed by atoms with Gasteiger partial charge in [-0.25, -0.2) is 9.97 Å². The maximum atomic E-state index is 13.3. The van der Waals surface area contributed by atoms with E-state index in [1.807, 2.05) is 33.9 Å². The first-order chi connectivity index (χ1) is 16.5. The van der Waals surface area contributed by atoms with Crippen LogP contribution in [-0.4, -0.2) is 50.9 Å². The number of imidazole rings is 1. The van der Waals surface area contributed by atoms with Gasteiger partial charge in [-0.2, -0.15) is 0 Å². The summed E-state index contributed by atoms with van der Waals surface area (Å²) in [5, 5.41) is 0.517. The van der Waals surface area contributed by atoms with Gasteiger partial charge in [0.05, 0.1) is 17.4 Å². The van der Waals surface area contributed by atoms with Gasteiger partial charge in [-0.15, -0.1) is 0 Å². The van der Waals surface area contributed by atoms with Gasteiger partial charge in [-0.05, 0) is 43.2 Å². The molecule has 2 aliphatic rings. The topological polar surface area (TPSA) is 80.6 Å². The van der Waals surface area contributed by atoms with Crippen LogP contribution in [0.3, 0.4) is 0 Å². The molecule has 0 bridgehead atoms. The molecular weight excluding hydrogens is 454 g/mol. The Morgan fingerprint density at radius 3 is 3.00 bits per heavy atom. The first kappa shape index (κ1) is 22.4. The lowest BCUT2D eigenvalue weighted by atomic mass is 10.1. The second-order valence-corrected chi connectivity index (χ2v) is 8.87. The summed E-state index contributed by atoms with van der Waals surface area (Å²) in [6, 6.07) is 11.0. The van der Waals surface area contributed by atoms with Crippen molar-refractivity contribution in [2.75, 3.05) is 24.6 Å². The van der Waals surface area contributed by atoms with E-state index in [9.17, 15) is 9.59 Å². The van der Waals surface area contributed by atoms with Crippen molar-refractivity contribution in [3.8, 4) is 11.6 Å². The van der Waals surface area contributed by atoms with Crippen molar-refractivity contribution >= 4 is 29.1 Å². The average Bonchev–Trinajstić information content (AvgIpc) is 3.53. The van der Waals surface area contributed by atoms with Crippen LogP contribution < -0.4 is 9.64 Å². The van der Waals surface area contributed by atoms with E-state index in [1.165, 1.54) is 0 Å². The Hall–Kier alpha value is -3.39. The highest BCUT2D eigenvalue weighted by Crippen LogP contribution is 2.35. The fraction of sp³-hybridized carbons (Fsp3) is 0.360. The van der Waals surface area contributed by atoms with E-state index in [4.69, 9.17) is 21.3 Å². The summed E-state index contributed by atoms with van der Waals surface area (Å²) in [7, 11) is 0. The van der Waals surface area contributed by atoms with Gasteiger partial charge in [-0.1, -0.05) is 24.6 Å². The largest absolute Gasteiger partial charge is 0.482 e. The number of halogens is 1. The van der Waals surface area contributed by atoms with Crippen LogP contribution in [0.4, 0.5) is 5.69 Å². The van der Waals surface area contributed by atoms with Crippen molar-refractivity contribution in [2.24, 2.45) is 0 Å². The fourth-order valence-corrected chi connectivity index (χ4v) is 4.87. The molecule has 2 aromatic heterocycles. The van der Waals surface area contributed by atoms with Crippen LogP contribution in [0.15, 0.2) is 48.8 Å². The predicted molar refractivity (Wildman–Crippen MR) is 128 cm³/mol. The van der Waals surface area contributed by atoms with Crippen molar-refractivity contribution in [1.29, 1.82) is 0 Å². The zero-order valence-corrected chi connectivity index (χ0v) is 19.7. The number of fused-ring (bicyclic) bond motifs is 1. The molecule has 34 heavy (non-hydrogen) atoms. The molecular formula is C25H26ClN5O3. The van der Waals surface area contributed by atoms with Gasteiger partial charge in [0, 0.05) is 43.3 Å². The van der Waals surface area contributed by atoms with E-state index in [0.717, 1.165) is 36.6 Å². The number of hydrogen-bond acceptors (Lipinski definition) is 5. The van der Waals surface area contributed by atoms with Crippen LogP contribution in [0.25, 0.3) is 5.82 Å². The molecule has 0 aliphatic carbocycles. The highest BCUT2D eigenvalue weighted by molar-refractivity contribution is 6.31. The highest BCUT2D eigenvalue weighted by atomic mass is 35.5. The minimum atomic E-state index is -0.179. The van der Waals surface area contributed by atoms with Crippen LogP contribution >= 0.6 is 11.6 Å². The van der Waals surface area contributed by atoms with Crippen molar-refractivity contribution in [3.63, 3.8) is 0 Å². The molecule has 8 nitrogen and oxygen atoms in total. The molecule has 5 rings (SSSR count). The SMILES string of the molecule is CCc1nccn1-c1cccc([C@H]2CCCN2C(=O)CCN2C(=O)COc3ccc(Cl)cc32)n1. The number of aryl methyl sites for hydroxylation is 1. The van der Waals surface area contributed by atoms with E-state index in [-0.39, 0.29) is 37.4 Å². The minimum absolute atomic E-state index is 0.00875. The van der Waals surface area contributed by atoms with Crippen molar-refractivity contribution in [3.05, 3.63) is 65.3 Å². The Kier molecular flexibility index (Phi) is 6.24. The number of rotatable bonds is 6. The van der Waals surface area contributed by atoms with Crippen LogP contribution in [0.1, 0.15) is 43.7 Å². The van der Waals surface area contributed by atoms with Gasteiger partial charge in [0.1, 0.15) is 17.4 Å². The number of likely N-dealkylation sites (tertiary alicyclic amines) is 1. The first-order valence-electron chi connectivity index (χ1n) is 11.6. The summed E-state index contributed by atoms with van der Waals surface area (Å²) in [5.74, 6) is 2.18. The number of hydrogen-bond donors (Lipinski definition) is 0. The quantitative estimate of drug-likeness (QED) is 0.534. The zero-order chi connectivity index (χ0) is 23.7. The Balaban J connectivity index is 1.31. The van der Waals surface area contributed by atoms with Crippen LogP contribution in [0, 0.1) is 0 Å². The third-order valence-corrected chi connectivity index (χ3v) is 6.60. The lowest BCUT2D eigenvalue weighted by Gasteiger charge is -2.30. The van der Waals surface area contributed by atoms with Crippen LogP contribution in [-0.2, 0) is 16.0 Å². The van der Waals surface area contributed by atoms with E-state index in [2.05, 4.69) is 11.9 Å². The Bertz CT molecular complexity index is 1230. The summed E-state index contributed by atoms with van der Waals surface area (Å²) in [4.78, 5) is 38.5. The number of aromatic nitrogens is 3. The normalized spacial score (nSPS) is 17.6. The molecule has 2 amide bonds. The van der Waals surface area contributed by atoms with E-state index in [0.29, 0.717) is 23.0 Å². The van der Waals surface area contributed by atoms with Gasteiger partial charge < -0.3 is 14.5 Å². The van der Waals surface area contributed by atoms with E-state index >= 15 is 0 Å². The number of nitrogens with zero attached hydrogens (tertiary/aromatic N) is 5. The molecule has 1 fully saturated rings. The molecule has 1 aromatic carbocycles. The summed E-state index contributed by atoms with van der Waals surface area (Å²) < 4.78 is 7.48. The standard InChI is InChI=1S/C25H26ClN5O3/c1-2-22-27-11-14-31(22)23-7-3-5-18(28-23)19-6-4-12-29(19)24(32)10-13-30-20-15-17(26)8-9-21(20)34-16-25(30)33/h3,5,7-9,11,14-15,19H,2,4,6,10,12-13,16H2,1H3/t19-/m1/s1. The van der Waals surface area contributed by atoms with Gasteiger partial charge in [-0.3, -0.25) is 14.2 Å². The van der Waals surface area contributed by atoms with Gasteiger partial charge in [0.2, 0.25) is 5.91 Å². The van der Waals surface area contributed by atoms with E-state index in [1.54, 1.807) is 29.3 Å². The molecule has 9 heteroatoms. The summed E-state index contributed by atoms with van der Waals surface area (Å²) in [5.41, 5.74) is 1.48. The highest BCUT2D eigenvalue weighted by Gasteiger charge is 2.32. The monoisotopic (exact) mass is 479 g/mol. The lowest BCUT2D eigenvalue weighted by molar-refractivity contribution is -0.132. The smallest absolute Gasteiger partial charge is 0.265 e. The van der Waals surface area contributed by atoms with E-state index < -0.39 is 0 Å². The number of benzene rings is 1. The van der Waals surface area contributed by atoms with Gasteiger partial charge in [0.25, 0.3) is 5.91 Å². The van der Waals surface area contributed by atoms with Gasteiger partial charge >= 0.3 is 0 Å².